The van der Waals surface area contributed by atoms with Gasteiger partial charge in [0.25, 0.3) is 0 Å². The first-order chi connectivity index (χ1) is 20.4. The third-order valence-corrected chi connectivity index (χ3v) is 10.2. The van der Waals surface area contributed by atoms with Crippen molar-refractivity contribution in [1.29, 1.82) is 0 Å². The third-order valence-electron chi connectivity index (χ3n) is 7.12. The number of fused-ring (bicyclic) bond motifs is 2. The summed E-state index contributed by atoms with van der Waals surface area (Å²) in [7, 11) is 0. The predicted molar refractivity (Wildman–Crippen MR) is 157 cm³/mol. The number of anilines is 2. The van der Waals surface area contributed by atoms with Crippen LogP contribution in [0.2, 0.25) is 0 Å². The average Bonchev–Trinajstić information content (AvgIpc) is 3.40. The van der Waals surface area contributed by atoms with Crippen LogP contribution in [0.4, 0.5) is 28.9 Å². The molecule has 0 radical (unpaired) electrons. The van der Waals surface area contributed by atoms with Gasteiger partial charge in [0.05, 0.1) is 22.2 Å². The number of thiazole rings is 1. The molecule has 2 unspecified atom stereocenters. The second-order valence-corrected chi connectivity index (χ2v) is 12.9. The zero-order valence-corrected chi connectivity index (χ0v) is 24.8. The van der Waals surface area contributed by atoms with E-state index < -0.39 is 63.8 Å². The van der Waals surface area contributed by atoms with Crippen LogP contribution in [0.1, 0.15) is 21.9 Å². The molecule has 3 aromatic carbocycles. The van der Waals surface area contributed by atoms with Gasteiger partial charge in [-0.2, -0.15) is 13.2 Å². The number of nitrogens with zero attached hydrogens (tertiary/aromatic N) is 2. The number of benzene rings is 3. The summed E-state index contributed by atoms with van der Waals surface area (Å²) in [5, 5.41) is 1.85. The molecule has 3 heterocycles. The first-order valence-electron chi connectivity index (χ1n) is 12.7. The number of hydrogen-bond acceptors (Lipinski definition) is 6. The molecule has 0 aliphatic carbocycles. The number of aromatic nitrogens is 1. The number of halogens is 5. The van der Waals surface area contributed by atoms with E-state index in [1.54, 1.807) is 24.3 Å². The normalized spacial score (nSPS) is 19.7. The van der Waals surface area contributed by atoms with Crippen molar-refractivity contribution in [2.24, 2.45) is 5.92 Å². The van der Waals surface area contributed by atoms with Crippen LogP contribution in [0.3, 0.4) is 0 Å². The molecule has 4 aromatic rings. The van der Waals surface area contributed by atoms with Crippen molar-refractivity contribution in [3.63, 3.8) is 0 Å². The molecular formula is C29H18BrF4N3O4S2. The molecular weight excluding hydrogens is 674 g/mol. The van der Waals surface area contributed by atoms with E-state index in [1.807, 2.05) is 0 Å². The largest absolute Gasteiger partial charge is 0.416 e. The summed E-state index contributed by atoms with van der Waals surface area (Å²) in [5.41, 5.74) is -0.275. The van der Waals surface area contributed by atoms with Crippen molar-refractivity contribution in [2.75, 3.05) is 10.2 Å². The molecule has 2 aliphatic rings. The van der Waals surface area contributed by atoms with Crippen molar-refractivity contribution in [1.82, 2.24) is 4.57 Å². The number of alkyl halides is 3. The first kappa shape index (κ1) is 29.3. The molecule has 7 nitrogen and oxygen atoms in total. The number of thioether (sulfide) groups is 1. The Morgan fingerprint density at radius 2 is 1.67 bits per heavy atom. The summed E-state index contributed by atoms with van der Waals surface area (Å²) in [6.07, 6.45) is -4.68. The molecule has 14 heteroatoms. The van der Waals surface area contributed by atoms with Gasteiger partial charge in [-0.25, -0.2) is 9.29 Å². The molecule has 1 aromatic heterocycles. The standard InChI is InChI=1S/C29H18BrF4N3O4S2/c30-16-5-1-3-14(11-16)21-22-23(26(40)37(25(22)39)19-6-2-4-15(12-19)29(32,33)34)42-27-24(21)43-28(41)36(27)13-20(38)35-18-9-7-17(31)8-10-18/h1-12,21-23H,13H2,(H,35,38)/t21-,22?,23?/m1/s1. The van der Waals surface area contributed by atoms with E-state index in [4.69, 9.17) is 0 Å². The molecule has 43 heavy (non-hydrogen) atoms. The Kier molecular flexibility index (Phi) is 7.55. The lowest BCUT2D eigenvalue weighted by Crippen LogP contribution is -2.33. The molecule has 220 valence electrons. The zero-order chi connectivity index (χ0) is 30.6. The minimum absolute atomic E-state index is 0.202. The smallest absolute Gasteiger partial charge is 0.325 e. The van der Waals surface area contributed by atoms with Crippen molar-refractivity contribution in [3.8, 4) is 0 Å². The van der Waals surface area contributed by atoms with Gasteiger partial charge in [-0.3, -0.25) is 23.7 Å². The maximum atomic E-state index is 13.9. The molecule has 0 saturated carbocycles. The van der Waals surface area contributed by atoms with E-state index in [2.05, 4.69) is 21.2 Å². The van der Waals surface area contributed by atoms with Crippen LogP contribution >= 0.6 is 39.0 Å². The van der Waals surface area contributed by atoms with Gasteiger partial charge in [0.15, 0.2) is 0 Å². The predicted octanol–water partition coefficient (Wildman–Crippen LogP) is 6.26. The third kappa shape index (κ3) is 5.43. The molecule has 1 fully saturated rings. The number of amides is 3. The lowest BCUT2D eigenvalue weighted by Gasteiger charge is -2.30. The van der Waals surface area contributed by atoms with Crippen LogP contribution in [0.15, 0.2) is 87.1 Å². The van der Waals surface area contributed by atoms with E-state index in [1.165, 1.54) is 34.9 Å². The lowest BCUT2D eigenvalue weighted by atomic mass is 9.83. The highest BCUT2D eigenvalue weighted by Gasteiger charge is 2.57. The summed E-state index contributed by atoms with van der Waals surface area (Å²) in [6.45, 7) is -0.420. The SMILES string of the molecule is O=C(Cn1c2c(sc1=O)[C@H](c1cccc(Br)c1)C1C(=O)N(c3cccc(C(F)(F)F)c3)C(=O)C1S2)Nc1ccc(F)cc1. The molecule has 2 aliphatic heterocycles. The van der Waals surface area contributed by atoms with Crippen molar-refractivity contribution >= 4 is 68.1 Å². The van der Waals surface area contributed by atoms with Gasteiger partial charge in [-0.1, -0.05) is 57.2 Å². The Morgan fingerprint density at radius 3 is 2.37 bits per heavy atom. The van der Waals surface area contributed by atoms with Gasteiger partial charge in [0.2, 0.25) is 17.7 Å². The summed E-state index contributed by atoms with van der Waals surface area (Å²) in [5.74, 6) is -4.26. The van der Waals surface area contributed by atoms with Gasteiger partial charge in [0.1, 0.15) is 17.6 Å². The lowest BCUT2D eigenvalue weighted by molar-refractivity contribution is -0.137. The van der Waals surface area contributed by atoms with Crippen molar-refractivity contribution < 1.29 is 31.9 Å². The minimum atomic E-state index is -4.68. The van der Waals surface area contributed by atoms with Crippen LogP contribution in [-0.4, -0.2) is 27.5 Å². The fourth-order valence-corrected chi connectivity index (χ4v) is 8.46. The number of imide groups is 1. The molecule has 6 rings (SSSR count). The monoisotopic (exact) mass is 691 g/mol. The maximum Gasteiger partial charge on any atom is 0.416 e. The van der Waals surface area contributed by atoms with Gasteiger partial charge in [0, 0.05) is 21.0 Å². The van der Waals surface area contributed by atoms with Crippen LogP contribution in [0.5, 0.6) is 0 Å². The second kappa shape index (κ2) is 11.1. The molecule has 1 N–H and O–H groups in total. The Bertz CT molecular complexity index is 1840. The first-order valence-corrected chi connectivity index (χ1v) is 15.2. The average molecular weight is 693 g/mol. The molecule has 0 spiro atoms. The fourth-order valence-electron chi connectivity index (χ4n) is 5.27. The van der Waals surface area contributed by atoms with E-state index in [-0.39, 0.29) is 5.69 Å². The highest BCUT2D eigenvalue weighted by molar-refractivity contribution is 9.10. The van der Waals surface area contributed by atoms with Gasteiger partial charge in [-0.15, -0.1) is 0 Å². The second-order valence-electron chi connectivity index (χ2n) is 9.84. The summed E-state index contributed by atoms with van der Waals surface area (Å²) in [6, 6.07) is 16.1. The van der Waals surface area contributed by atoms with Crippen LogP contribution in [0, 0.1) is 11.7 Å². The van der Waals surface area contributed by atoms with Crippen molar-refractivity contribution in [3.05, 3.63) is 109 Å². The van der Waals surface area contributed by atoms with E-state index in [0.717, 1.165) is 46.2 Å². The van der Waals surface area contributed by atoms with E-state index >= 15 is 0 Å². The molecule has 0 bridgehead atoms. The zero-order valence-electron chi connectivity index (χ0n) is 21.6. The maximum absolute atomic E-state index is 13.9. The molecule has 3 atom stereocenters. The highest BCUT2D eigenvalue weighted by Crippen LogP contribution is 2.54. The van der Waals surface area contributed by atoms with E-state index in [9.17, 15) is 36.7 Å². The highest BCUT2D eigenvalue weighted by atomic mass is 79.9. The van der Waals surface area contributed by atoms with Gasteiger partial charge in [-0.05, 0) is 60.2 Å². The Hall–Kier alpha value is -3.75. The summed E-state index contributed by atoms with van der Waals surface area (Å²) in [4.78, 5) is 54.6. The topological polar surface area (TPSA) is 88.5 Å². The number of carbonyl (C=O) groups is 3. The van der Waals surface area contributed by atoms with Crippen LogP contribution < -0.4 is 15.1 Å². The minimum Gasteiger partial charge on any atom is -0.325 e. The van der Waals surface area contributed by atoms with E-state index in [0.29, 0.717) is 25.6 Å². The molecule has 1 saturated heterocycles. The van der Waals surface area contributed by atoms with Crippen LogP contribution in [0.25, 0.3) is 0 Å². The van der Waals surface area contributed by atoms with Crippen molar-refractivity contribution in [2.45, 2.75) is 28.9 Å². The fraction of sp³-hybridized carbons (Fsp3) is 0.172. The number of hydrogen-bond donors (Lipinski definition) is 1. The summed E-state index contributed by atoms with van der Waals surface area (Å²) < 4.78 is 55.6. The Morgan fingerprint density at radius 1 is 0.953 bits per heavy atom. The number of carbonyl (C=O) groups excluding carboxylic acids is 3. The quantitative estimate of drug-likeness (QED) is 0.197. The number of nitrogens with one attached hydrogen (secondary N) is 1. The molecule has 3 amide bonds. The summed E-state index contributed by atoms with van der Waals surface area (Å²) >= 11 is 5.21. The van der Waals surface area contributed by atoms with Crippen LogP contribution in [-0.2, 0) is 27.1 Å². The Balaban J connectivity index is 1.41. The van der Waals surface area contributed by atoms with Gasteiger partial charge < -0.3 is 5.32 Å². The number of rotatable bonds is 5. The van der Waals surface area contributed by atoms with Gasteiger partial charge >= 0.3 is 11.0 Å². The Labute approximate surface area is 257 Å².